The number of aryl methyl sites for hydroxylation is 1. The highest BCUT2D eigenvalue weighted by Gasteiger charge is 2.29. The maximum absolute atomic E-state index is 13.7. The maximum atomic E-state index is 13.7. The number of aromatic nitrogens is 2. The summed E-state index contributed by atoms with van der Waals surface area (Å²) in [5, 5.41) is 1.72. The third-order valence-corrected chi connectivity index (χ3v) is 9.07. The molecule has 0 bridgehead atoms. The Morgan fingerprint density at radius 3 is 2.36 bits per heavy atom. The molecule has 6 rings (SSSR count). The van der Waals surface area contributed by atoms with Gasteiger partial charge in [-0.05, 0) is 42.8 Å². The number of anilines is 3. The number of piperazine rings is 2. The zero-order chi connectivity index (χ0) is 26.9. The van der Waals surface area contributed by atoms with Crippen LogP contribution >= 0.6 is 22.9 Å². The number of methoxy groups -OCH3 is 1. The van der Waals surface area contributed by atoms with Crippen molar-refractivity contribution < 1.29 is 9.53 Å². The SMILES string of the molecule is COc1ccccc1N1CCN(c2ncnc3sc(C(=O)N4CCN(c5cccc(Cl)c5)CC4)c(C)c23)CC1. The molecule has 8 nitrogen and oxygen atoms in total. The van der Waals surface area contributed by atoms with Crippen molar-refractivity contribution in [3.63, 3.8) is 0 Å². The fourth-order valence-electron chi connectivity index (χ4n) is 5.53. The highest BCUT2D eigenvalue weighted by molar-refractivity contribution is 7.20. The van der Waals surface area contributed by atoms with E-state index in [1.807, 2.05) is 48.2 Å². The van der Waals surface area contributed by atoms with Gasteiger partial charge in [0.15, 0.2) is 0 Å². The van der Waals surface area contributed by atoms with Crippen LogP contribution in [-0.2, 0) is 0 Å². The molecule has 0 unspecified atom stereocenters. The molecule has 0 spiro atoms. The van der Waals surface area contributed by atoms with E-state index in [0.29, 0.717) is 13.1 Å². The van der Waals surface area contributed by atoms with E-state index in [-0.39, 0.29) is 5.91 Å². The van der Waals surface area contributed by atoms with Gasteiger partial charge in [0.2, 0.25) is 0 Å². The molecular formula is C29H31ClN6O2S. The third-order valence-electron chi connectivity index (χ3n) is 7.65. The van der Waals surface area contributed by atoms with E-state index in [4.69, 9.17) is 21.3 Å². The van der Waals surface area contributed by atoms with E-state index in [0.717, 1.165) is 87.9 Å². The van der Waals surface area contributed by atoms with Crippen molar-refractivity contribution in [2.45, 2.75) is 6.92 Å². The van der Waals surface area contributed by atoms with Crippen LogP contribution in [0.25, 0.3) is 10.2 Å². The summed E-state index contributed by atoms with van der Waals surface area (Å²) in [6, 6.07) is 16.0. The monoisotopic (exact) mass is 562 g/mol. The van der Waals surface area contributed by atoms with E-state index < -0.39 is 0 Å². The van der Waals surface area contributed by atoms with Crippen LogP contribution < -0.4 is 19.4 Å². The van der Waals surface area contributed by atoms with Gasteiger partial charge in [0.05, 0.1) is 23.1 Å². The second kappa shape index (κ2) is 10.9. The Bertz CT molecular complexity index is 1490. The summed E-state index contributed by atoms with van der Waals surface area (Å²) in [6.45, 7) is 8.30. The van der Waals surface area contributed by atoms with Crippen LogP contribution in [0, 0.1) is 6.92 Å². The van der Waals surface area contributed by atoms with Crippen molar-refractivity contribution in [3.8, 4) is 5.75 Å². The Labute approximate surface area is 237 Å². The Kier molecular flexibility index (Phi) is 7.18. The Balaban J connectivity index is 1.18. The molecule has 2 aliphatic rings. The molecule has 4 aromatic rings. The van der Waals surface area contributed by atoms with Crippen molar-refractivity contribution in [3.05, 3.63) is 70.3 Å². The molecular weight excluding hydrogens is 532 g/mol. The average Bonchev–Trinajstić information content (AvgIpc) is 3.33. The topological polar surface area (TPSA) is 65.0 Å². The van der Waals surface area contributed by atoms with Crippen molar-refractivity contribution in [1.82, 2.24) is 14.9 Å². The number of hydrogen-bond donors (Lipinski definition) is 0. The van der Waals surface area contributed by atoms with Gasteiger partial charge in [-0.15, -0.1) is 11.3 Å². The fourth-order valence-corrected chi connectivity index (χ4v) is 6.83. The summed E-state index contributed by atoms with van der Waals surface area (Å²) in [5.74, 6) is 1.88. The van der Waals surface area contributed by atoms with Crippen LogP contribution in [0.4, 0.5) is 17.2 Å². The number of rotatable bonds is 5. The molecule has 0 atom stereocenters. The number of benzene rings is 2. The minimum absolute atomic E-state index is 0.0770. The minimum atomic E-state index is 0.0770. The van der Waals surface area contributed by atoms with Gasteiger partial charge < -0.3 is 24.3 Å². The van der Waals surface area contributed by atoms with Crippen LogP contribution in [0.15, 0.2) is 54.9 Å². The van der Waals surface area contributed by atoms with Crippen molar-refractivity contribution in [2.75, 3.05) is 74.2 Å². The number of nitrogens with zero attached hydrogens (tertiary/aromatic N) is 6. The molecule has 0 saturated carbocycles. The van der Waals surface area contributed by atoms with Crippen LogP contribution in [-0.4, -0.2) is 80.2 Å². The van der Waals surface area contributed by atoms with Crippen molar-refractivity contribution in [1.29, 1.82) is 0 Å². The van der Waals surface area contributed by atoms with Crippen molar-refractivity contribution in [2.24, 2.45) is 0 Å². The third kappa shape index (κ3) is 4.96. The Morgan fingerprint density at radius 1 is 0.897 bits per heavy atom. The first-order valence-electron chi connectivity index (χ1n) is 13.2. The number of para-hydroxylation sites is 2. The number of fused-ring (bicyclic) bond motifs is 1. The molecule has 0 aliphatic carbocycles. The number of carbonyl (C=O) groups is 1. The number of thiophene rings is 1. The lowest BCUT2D eigenvalue weighted by Crippen LogP contribution is -2.48. The second-order valence-corrected chi connectivity index (χ2v) is 11.3. The number of ether oxygens (including phenoxy) is 1. The standard InChI is InChI=1S/C29H31ClN6O2S/c1-20-25-27(35-14-12-34(13-15-35)23-8-3-4-9-24(23)38-2)31-19-32-28(25)39-26(20)29(37)36-16-10-33(11-17-36)22-7-5-6-21(30)18-22/h3-9,18-19H,10-17H2,1-2H3. The van der Waals surface area contributed by atoms with E-state index in [9.17, 15) is 4.79 Å². The summed E-state index contributed by atoms with van der Waals surface area (Å²) in [4.78, 5) is 33.4. The predicted octanol–water partition coefficient (Wildman–Crippen LogP) is 4.95. The zero-order valence-corrected chi connectivity index (χ0v) is 23.7. The van der Waals surface area contributed by atoms with E-state index >= 15 is 0 Å². The fraction of sp³-hybridized carbons (Fsp3) is 0.345. The number of halogens is 1. The predicted molar refractivity (Wildman–Crippen MR) is 159 cm³/mol. The van der Waals surface area contributed by atoms with Gasteiger partial charge in [-0.3, -0.25) is 4.79 Å². The maximum Gasteiger partial charge on any atom is 0.264 e. The second-order valence-electron chi connectivity index (χ2n) is 9.84. The van der Waals surface area contributed by atoms with Gasteiger partial charge in [-0.1, -0.05) is 29.8 Å². The number of amides is 1. The lowest BCUT2D eigenvalue weighted by atomic mass is 10.1. The van der Waals surface area contributed by atoms with Crippen LogP contribution in [0.3, 0.4) is 0 Å². The molecule has 10 heteroatoms. The highest BCUT2D eigenvalue weighted by Crippen LogP contribution is 2.37. The van der Waals surface area contributed by atoms with Gasteiger partial charge in [-0.2, -0.15) is 0 Å². The number of carbonyl (C=O) groups excluding carboxylic acids is 1. The summed E-state index contributed by atoms with van der Waals surface area (Å²) in [6.07, 6.45) is 1.62. The Morgan fingerprint density at radius 2 is 1.62 bits per heavy atom. The summed E-state index contributed by atoms with van der Waals surface area (Å²) < 4.78 is 5.57. The lowest BCUT2D eigenvalue weighted by molar-refractivity contribution is 0.0751. The number of hydrogen-bond acceptors (Lipinski definition) is 8. The summed E-state index contributed by atoms with van der Waals surface area (Å²) >= 11 is 7.66. The van der Waals surface area contributed by atoms with Crippen LogP contribution in [0.5, 0.6) is 5.75 Å². The smallest absolute Gasteiger partial charge is 0.264 e. The van der Waals surface area contributed by atoms with Gasteiger partial charge in [-0.25, -0.2) is 9.97 Å². The first kappa shape index (κ1) is 25.7. The molecule has 4 heterocycles. The molecule has 202 valence electrons. The molecule has 0 radical (unpaired) electrons. The molecule has 2 saturated heterocycles. The molecule has 2 aliphatic heterocycles. The first-order chi connectivity index (χ1) is 19.0. The average molecular weight is 563 g/mol. The summed E-state index contributed by atoms with van der Waals surface area (Å²) in [7, 11) is 1.71. The van der Waals surface area contributed by atoms with Gasteiger partial charge in [0, 0.05) is 63.1 Å². The zero-order valence-electron chi connectivity index (χ0n) is 22.1. The van der Waals surface area contributed by atoms with Gasteiger partial charge in [0.25, 0.3) is 5.91 Å². The van der Waals surface area contributed by atoms with E-state index in [1.54, 1.807) is 13.4 Å². The highest BCUT2D eigenvalue weighted by atomic mass is 35.5. The van der Waals surface area contributed by atoms with Crippen molar-refractivity contribution >= 4 is 56.3 Å². The summed E-state index contributed by atoms with van der Waals surface area (Å²) in [5.41, 5.74) is 3.18. The van der Waals surface area contributed by atoms with E-state index in [2.05, 4.69) is 31.8 Å². The van der Waals surface area contributed by atoms with E-state index in [1.165, 1.54) is 11.3 Å². The van der Waals surface area contributed by atoms with Crippen LogP contribution in [0.1, 0.15) is 15.2 Å². The van der Waals surface area contributed by atoms with Crippen LogP contribution in [0.2, 0.25) is 5.02 Å². The lowest BCUT2D eigenvalue weighted by Gasteiger charge is -2.37. The molecule has 1 amide bonds. The van der Waals surface area contributed by atoms with Gasteiger partial charge >= 0.3 is 0 Å². The normalized spacial score (nSPS) is 16.2. The molecule has 2 aromatic heterocycles. The molecule has 0 N–H and O–H groups in total. The minimum Gasteiger partial charge on any atom is -0.495 e. The van der Waals surface area contributed by atoms with Gasteiger partial charge in [0.1, 0.15) is 22.7 Å². The largest absolute Gasteiger partial charge is 0.495 e. The molecule has 39 heavy (non-hydrogen) atoms. The quantitative estimate of drug-likeness (QED) is 0.341. The molecule has 2 aromatic carbocycles. The molecule has 2 fully saturated rings. The first-order valence-corrected chi connectivity index (χ1v) is 14.4. The Hall–Kier alpha value is -3.56.